The van der Waals surface area contributed by atoms with Crippen molar-refractivity contribution in [3.63, 3.8) is 0 Å². The van der Waals surface area contributed by atoms with E-state index in [1.54, 1.807) is 17.7 Å². The summed E-state index contributed by atoms with van der Waals surface area (Å²) >= 11 is 5.18. The van der Waals surface area contributed by atoms with Crippen LogP contribution in [0.5, 0.6) is 0 Å². The molecule has 0 aliphatic rings. The van der Waals surface area contributed by atoms with Gasteiger partial charge in [0.15, 0.2) is 0 Å². The molecular weight excluding hydrogens is 324 g/mol. The quantitative estimate of drug-likeness (QED) is 0.869. The van der Waals surface area contributed by atoms with Crippen LogP contribution in [0.1, 0.15) is 18.9 Å². The van der Waals surface area contributed by atoms with E-state index in [0.717, 1.165) is 34.9 Å². The molecule has 0 saturated carbocycles. The van der Waals surface area contributed by atoms with Crippen molar-refractivity contribution < 1.29 is 0 Å². The lowest BCUT2D eigenvalue weighted by Gasteiger charge is -2.17. The molecule has 1 N–H and O–H groups in total. The zero-order valence-corrected chi connectivity index (χ0v) is 13.5. The Morgan fingerprint density at radius 1 is 1.37 bits per heavy atom. The Kier molecular flexibility index (Phi) is 5.15. The third-order valence-corrected chi connectivity index (χ3v) is 4.19. The molecular formula is C13H17BrN4S. The van der Waals surface area contributed by atoms with E-state index >= 15 is 0 Å². The molecule has 0 aliphatic carbocycles. The van der Waals surface area contributed by atoms with Gasteiger partial charge in [-0.1, -0.05) is 6.92 Å². The van der Waals surface area contributed by atoms with E-state index in [4.69, 9.17) is 0 Å². The first-order chi connectivity index (χ1) is 9.19. The van der Waals surface area contributed by atoms with E-state index in [-0.39, 0.29) is 0 Å². The van der Waals surface area contributed by atoms with Crippen LogP contribution < -0.4 is 10.2 Å². The molecule has 2 heterocycles. The van der Waals surface area contributed by atoms with Gasteiger partial charge in [0.2, 0.25) is 0 Å². The molecule has 0 aliphatic heterocycles. The van der Waals surface area contributed by atoms with Crippen LogP contribution in [0.4, 0.5) is 11.6 Å². The number of thiophene rings is 1. The fraction of sp³-hybridized carbons (Fsp3) is 0.385. The van der Waals surface area contributed by atoms with Crippen molar-refractivity contribution in [3.8, 4) is 0 Å². The number of aromatic nitrogens is 2. The Morgan fingerprint density at radius 2 is 2.21 bits per heavy atom. The lowest BCUT2D eigenvalue weighted by Crippen LogP contribution is -2.17. The molecule has 4 nitrogen and oxygen atoms in total. The van der Waals surface area contributed by atoms with Crippen LogP contribution in [0.3, 0.4) is 0 Å². The summed E-state index contributed by atoms with van der Waals surface area (Å²) in [5.41, 5.74) is 1.28. The normalized spacial score (nSPS) is 10.5. The van der Waals surface area contributed by atoms with Crippen molar-refractivity contribution in [1.29, 1.82) is 0 Å². The first-order valence-electron chi connectivity index (χ1n) is 6.19. The number of hydrogen-bond acceptors (Lipinski definition) is 5. The summed E-state index contributed by atoms with van der Waals surface area (Å²) in [6.07, 6.45) is 2.69. The number of anilines is 2. The third kappa shape index (κ3) is 4.18. The van der Waals surface area contributed by atoms with E-state index in [1.807, 2.05) is 13.1 Å². The Balaban J connectivity index is 2.03. The second-order valence-corrected chi connectivity index (χ2v) is 6.59. The van der Waals surface area contributed by atoms with Gasteiger partial charge in [0, 0.05) is 26.2 Å². The lowest BCUT2D eigenvalue weighted by atomic mass is 10.3. The maximum absolute atomic E-state index is 4.32. The summed E-state index contributed by atoms with van der Waals surface area (Å²) in [6, 6.07) is 4.12. The first kappa shape index (κ1) is 14.3. The fourth-order valence-corrected chi connectivity index (χ4v) is 2.89. The van der Waals surface area contributed by atoms with Gasteiger partial charge in [-0.25, -0.2) is 9.97 Å². The molecule has 0 saturated heterocycles. The highest BCUT2D eigenvalue weighted by atomic mass is 79.9. The zero-order valence-electron chi connectivity index (χ0n) is 11.1. The molecule has 0 amide bonds. The Bertz CT molecular complexity index is 529. The number of nitrogens with zero attached hydrogens (tertiary/aromatic N) is 3. The van der Waals surface area contributed by atoms with Crippen LogP contribution in [0.25, 0.3) is 0 Å². The smallest absolute Gasteiger partial charge is 0.134 e. The largest absolute Gasteiger partial charge is 0.370 e. The Labute approximate surface area is 126 Å². The van der Waals surface area contributed by atoms with E-state index in [0.29, 0.717) is 0 Å². The van der Waals surface area contributed by atoms with E-state index in [9.17, 15) is 0 Å². The summed E-state index contributed by atoms with van der Waals surface area (Å²) in [5.74, 6) is 1.81. The molecule has 0 aromatic carbocycles. The van der Waals surface area contributed by atoms with Gasteiger partial charge in [0.05, 0.1) is 3.79 Å². The van der Waals surface area contributed by atoms with Crippen molar-refractivity contribution in [1.82, 2.24) is 9.97 Å². The van der Waals surface area contributed by atoms with Crippen LogP contribution in [0, 0.1) is 0 Å². The standard InChI is InChI=1S/C13H17BrN4S/c1-3-4-15-12-6-13(17-9-16-12)18(2)7-10-5-11(14)19-8-10/h5-6,8-9H,3-4,7H2,1-2H3,(H,15,16,17). The Morgan fingerprint density at radius 3 is 2.89 bits per heavy atom. The minimum atomic E-state index is 0.840. The maximum Gasteiger partial charge on any atom is 0.134 e. The molecule has 0 unspecified atom stereocenters. The number of nitrogens with one attached hydrogen (secondary N) is 1. The van der Waals surface area contributed by atoms with Gasteiger partial charge in [0.1, 0.15) is 18.0 Å². The van der Waals surface area contributed by atoms with Gasteiger partial charge in [-0.15, -0.1) is 11.3 Å². The van der Waals surface area contributed by atoms with Crippen molar-refractivity contribution in [2.45, 2.75) is 19.9 Å². The second-order valence-electron chi connectivity index (χ2n) is 4.30. The monoisotopic (exact) mass is 340 g/mol. The molecule has 102 valence electrons. The van der Waals surface area contributed by atoms with Crippen LogP contribution in [-0.4, -0.2) is 23.6 Å². The summed E-state index contributed by atoms with van der Waals surface area (Å²) in [6.45, 7) is 3.90. The van der Waals surface area contributed by atoms with Crippen LogP contribution in [-0.2, 0) is 6.54 Å². The SMILES string of the molecule is CCCNc1cc(N(C)Cc2csc(Br)c2)ncn1. The zero-order chi connectivity index (χ0) is 13.7. The first-order valence-corrected chi connectivity index (χ1v) is 7.86. The summed E-state index contributed by atoms with van der Waals surface area (Å²) < 4.78 is 1.16. The summed E-state index contributed by atoms with van der Waals surface area (Å²) in [5, 5.41) is 5.43. The Hall–Kier alpha value is -1.14. The van der Waals surface area contributed by atoms with Gasteiger partial charge in [-0.2, -0.15) is 0 Å². The summed E-state index contributed by atoms with van der Waals surface area (Å²) in [4.78, 5) is 10.7. The van der Waals surface area contributed by atoms with Crippen LogP contribution in [0.2, 0.25) is 0 Å². The predicted octanol–water partition coefficient (Wildman–Crippen LogP) is 3.76. The predicted molar refractivity (Wildman–Crippen MR) is 84.9 cm³/mol. The number of rotatable bonds is 6. The highest BCUT2D eigenvalue weighted by molar-refractivity contribution is 9.11. The third-order valence-electron chi connectivity index (χ3n) is 2.64. The molecule has 0 fully saturated rings. The average molecular weight is 341 g/mol. The molecule has 0 radical (unpaired) electrons. The van der Waals surface area contributed by atoms with Crippen molar-refractivity contribution in [3.05, 3.63) is 33.2 Å². The number of hydrogen-bond donors (Lipinski definition) is 1. The molecule has 0 bridgehead atoms. The second kappa shape index (κ2) is 6.86. The highest BCUT2D eigenvalue weighted by Crippen LogP contribution is 2.23. The molecule has 0 spiro atoms. The molecule has 0 atom stereocenters. The van der Waals surface area contributed by atoms with E-state index in [1.165, 1.54) is 5.56 Å². The van der Waals surface area contributed by atoms with Gasteiger partial charge >= 0.3 is 0 Å². The minimum absolute atomic E-state index is 0.840. The van der Waals surface area contributed by atoms with Crippen LogP contribution >= 0.6 is 27.3 Å². The van der Waals surface area contributed by atoms with Crippen molar-refractivity contribution in [2.24, 2.45) is 0 Å². The van der Waals surface area contributed by atoms with E-state index < -0.39 is 0 Å². The lowest BCUT2D eigenvalue weighted by molar-refractivity contribution is 0.891. The minimum Gasteiger partial charge on any atom is -0.370 e. The van der Waals surface area contributed by atoms with Crippen molar-refractivity contribution >= 4 is 38.9 Å². The van der Waals surface area contributed by atoms with Gasteiger partial charge < -0.3 is 10.2 Å². The van der Waals surface area contributed by atoms with Gasteiger partial charge in [-0.05, 0) is 39.4 Å². The highest BCUT2D eigenvalue weighted by Gasteiger charge is 2.06. The molecule has 2 aromatic heterocycles. The topological polar surface area (TPSA) is 41.0 Å². The van der Waals surface area contributed by atoms with Crippen LogP contribution in [0.15, 0.2) is 27.6 Å². The fourth-order valence-electron chi connectivity index (χ4n) is 1.69. The van der Waals surface area contributed by atoms with Crippen molar-refractivity contribution in [2.75, 3.05) is 23.8 Å². The molecule has 2 aromatic rings. The maximum atomic E-state index is 4.32. The van der Waals surface area contributed by atoms with Gasteiger partial charge in [-0.3, -0.25) is 0 Å². The van der Waals surface area contributed by atoms with E-state index in [2.05, 4.69) is 54.5 Å². The number of halogens is 1. The molecule has 6 heteroatoms. The molecule has 19 heavy (non-hydrogen) atoms. The molecule has 2 rings (SSSR count). The average Bonchev–Trinajstić information content (AvgIpc) is 2.82. The summed E-state index contributed by atoms with van der Waals surface area (Å²) in [7, 11) is 2.04. The van der Waals surface area contributed by atoms with Gasteiger partial charge in [0.25, 0.3) is 0 Å².